The molecular formula is C12H21BrO4. The quantitative estimate of drug-likeness (QED) is 0.745. The van der Waals surface area contributed by atoms with Crippen LogP contribution < -0.4 is 0 Å². The van der Waals surface area contributed by atoms with Gasteiger partial charge in [-0.05, 0) is 12.8 Å². The van der Waals surface area contributed by atoms with Crippen LogP contribution in [0.5, 0.6) is 0 Å². The molecule has 1 aliphatic carbocycles. The van der Waals surface area contributed by atoms with Gasteiger partial charge in [0.25, 0.3) is 0 Å². The highest BCUT2D eigenvalue weighted by Gasteiger charge is 2.52. The summed E-state index contributed by atoms with van der Waals surface area (Å²) in [7, 11) is 3.37. The summed E-state index contributed by atoms with van der Waals surface area (Å²) < 4.78 is 22.7. The molecule has 0 N–H and O–H groups in total. The first kappa shape index (κ1) is 13.7. The SMILES string of the molecule is COCC1OC2(CCCCC2Br)OC1COC. The molecule has 1 aliphatic heterocycles. The van der Waals surface area contributed by atoms with Gasteiger partial charge in [-0.2, -0.15) is 0 Å². The first-order valence-corrected chi connectivity index (χ1v) is 7.11. The number of rotatable bonds is 4. The first-order valence-electron chi connectivity index (χ1n) is 6.19. The Kier molecular flexibility index (Phi) is 4.83. The van der Waals surface area contributed by atoms with Crippen molar-refractivity contribution >= 4 is 15.9 Å². The van der Waals surface area contributed by atoms with E-state index in [0.29, 0.717) is 13.2 Å². The Morgan fingerprint density at radius 3 is 2.18 bits per heavy atom. The molecule has 17 heavy (non-hydrogen) atoms. The molecule has 1 spiro atoms. The predicted octanol–water partition coefficient (Wildman–Crippen LogP) is 2.10. The smallest absolute Gasteiger partial charge is 0.181 e. The Morgan fingerprint density at radius 1 is 1.12 bits per heavy atom. The van der Waals surface area contributed by atoms with Gasteiger partial charge in [0.1, 0.15) is 12.2 Å². The van der Waals surface area contributed by atoms with E-state index in [1.807, 2.05) is 0 Å². The molecule has 3 unspecified atom stereocenters. The summed E-state index contributed by atoms with van der Waals surface area (Å²) in [6.45, 7) is 1.10. The number of alkyl halides is 1. The molecule has 0 bridgehead atoms. The third-order valence-corrected chi connectivity index (χ3v) is 4.64. The first-order chi connectivity index (χ1) is 8.22. The normalized spacial score (nSPS) is 42.2. The van der Waals surface area contributed by atoms with Crippen molar-refractivity contribution in [2.75, 3.05) is 27.4 Å². The van der Waals surface area contributed by atoms with Crippen LogP contribution in [0.25, 0.3) is 0 Å². The number of methoxy groups -OCH3 is 2. The lowest BCUT2D eigenvalue weighted by Gasteiger charge is -2.36. The average Bonchev–Trinajstić information content (AvgIpc) is 2.64. The molecule has 0 aromatic carbocycles. The zero-order valence-electron chi connectivity index (χ0n) is 10.5. The maximum absolute atomic E-state index is 6.13. The van der Waals surface area contributed by atoms with Crippen molar-refractivity contribution in [3.63, 3.8) is 0 Å². The third-order valence-electron chi connectivity index (χ3n) is 3.49. The lowest BCUT2D eigenvalue weighted by Crippen LogP contribution is -2.43. The molecule has 0 aromatic heterocycles. The van der Waals surface area contributed by atoms with Crippen molar-refractivity contribution in [3.8, 4) is 0 Å². The molecular weight excluding hydrogens is 288 g/mol. The van der Waals surface area contributed by atoms with Gasteiger partial charge in [-0.1, -0.05) is 22.4 Å². The van der Waals surface area contributed by atoms with Crippen molar-refractivity contribution in [2.45, 2.75) is 48.5 Å². The van der Waals surface area contributed by atoms with Crippen molar-refractivity contribution in [1.82, 2.24) is 0 Å². The monoisotopic (exact) mass is 308 g/mol. The molecule has 100 valence electrons. The van der Waals surface area contributed by atoms with Crippen LogP contribution in [0.3, 0.4) is 0 Å². The van der Waals surface area contributed by atoms with Crippen LogP contribution in [-0.4, -0.2) is 50.3 Å². The molecule has 0 radical (unpaired) electrons. The highest BCUT2D eigenvalue weighted by Crippen LogP contribution is 2.44. The van der Waals surface area contributed by atoms with Crippen LogP contribution in [0.15, 0.2) is 0 Å². The molecule has 2 aliphatic rings. The second-order valence-electron chi connectivity index (χ2n) is 4.75. The minimum atomic E-state index is -0.468. The molecule has 3 atom stereocenters. The van der Waals surface area contributed by atoms with Crippen LogP contribution >= 0.6 is 15.9 Å². The van der Waals surface area contributed by atoms with Gasteiger partial charge >= 0.3 is 0 Å². The summed E-state index contributed by atoms with van der Waals surface area (Å²) in [4.78, 5) is 0.268. The van der Waals surface area contributed by atoms with Crippen LogP contribution in [0, 0.1) is 0 Å². The minimum absolute atomic E-state index is 0.0295. The fourth-order valence-electron chi connectivity index (χ4n) is 2.64. The van der Waals surface area contributed by atoms with E-state index in [1.54, 1.807) is 14.2 Å². The van der Waals surface area contributed by atoms with E-state index in [1.165, 1.54) is 6.42 Å². The molecule has 2 rings (SSSR count). The fourth-order valence-corrected chi connectivity index (χ4v) is 3.41. The van der Waals surface area contributed by atoms with Crippen LogP contribution in [0.4, 0.5) is 0 Å². The van der Waals surface area contributed by atoms with E-state index in [9.17, 15) is 0 Å². The largest absolute Gasteiger partial charge is 0.382 e. The summed E-state index contributed by atoms with van der Waals surface area (Å²) in [6, 6.07) is 0. The third kappa shape index (κ3) is 2.84. The zero-order valence-corrected chi connectivity index (χ0v) is 12.1. The zero-order chi connectivity index (χ0) is 12.3. The average molecular weight is 309 g/mol. The number of hydrogen-bond donors (Lipinski definition) is 0. The topological polar surface area (TPSA) is 36.9 Å². The predicted molar refractivity (Wildman–Crippen MR) is 67.4 cm³/mol. The maximum atomic E-state index is 6.13. The van der Waals surface area contributed by atoms with Crippen LogP contribution in [0.2, 0.25) is 0 Å². The second kappa shape index (κ2) is 5.97. The summed E-state index contributed by atoms with van der Waals surface area (Å²) in [5.74, 6) is -0.468. The molecule has 0 aromatic rings. The van der Waals surface area contributed by atoms with Crippen molar-refractivity contribution < 1.29 is 18.9 Å². The lowest BCUT2D eigenvalue weighted by atomic mass is 9.94. The standard InChI is InChI=1S/C12H21BrO4/c1-14-7-9-10(8-15-2)17-12(16-9)6-4-3-5-11(12)13/h9-11H,3-8H2,1-2H3. The number of halogens is 1. The van der Waals surface area contributed by atoms with Crippen molar-refractivity contribution in [3.05, 3.63) is 0 Å². The molecule has 4 nitrogen and oxygen atoms in total. The Labute approximate surface area is 111 Å². The van der Waals surface area contributed by atoms with Gasteiger partial charge in [-0.25, -0.2) is 0 Å². The summed E-state index contributed by atoms with van der Waals surface area (Å²) in [6.07, 6.45) is 4.37. The highest BCUT2D eigenvalue weighted by atomic mass is 79.9. The van der Waals surface area contributed by atoms with E-state index in [-0.39, 0.29) is 17.0 Å². The van der Waals surface area contributed by atoms with Crippen LogP contribution in [0.1, 0.15) is 25.7 Å². The fraction of sp³-hybridized carbons (Fsp3) is 1.00. The summed E-state index contributed by atoms with van der Waals surface area (Å²) in [5, 5.41) is 0. The molecule has 1 saturated heterocycles. The van der Waals surface area contributed by atoms with Gasteiger partial charge in [-0.3, -0.25) is 0 Å². The Morgan fingerprint density at radius 2 is 1.71 bits per heavy atom. The van der Waals surface area contributed by atoms with E-state index in [2.05, 4.69) is 15.9 Å². The second-order valence-corrected chi connectivity index (χ2v) is 5.85. The van der Waals surface area contributed by atoms with Gasteiger partial charge in [0.05, 0.1) is 18.0 Å². The van der Waals surface area contributed by atoms with Gasteiger partial charge in [0, 0.05) is 20.6 Å². The van der Waals surface area contributed by atoms with Crippen molar-refractivity contribution in [1.29, 1.82) is 0 Å². The minimum Gasteiger partial charge on any atom is -0.382 e. The number of hydrogen-bond acceptors (Lipinski definition) is 4. The highest BCUT2D eigenvalue weighted by molar-refractivity contribution is 9.09. The molecule has 1 heterocycles. The molecule has 1 saturated carbocycles. The van der Waals surface area contributed by atoms with Crippen molar-refractivity contribution in [2.24, 2.45) is 0 Å². The van der Waals surface area contributed by atoms with Gasteiger partial charge in [0.15, 0.2) is 5.79 Å². The van der Waals surface area contributed by atoms with Gasteiger partial charge in [-0.15, -0.1) is 0 Å². The Bertz CT molecular complexity index is 235. The lowest BCUT2D eigenvalue weighted by molar-refractivity contribution is -0.192. The van der Waals surface area contributed by atoms with E-state index >= 15 is 0 Å². The van der Waals surface area contributed by atoms with Gasteiger partial charge in [0.2, 0.25) is 0 Å². The summed E-state index contributed by atoms with van der Waals surface area (Å²) >= 11 is 3.70. The van der Waals surface area contributed by atoms with Gasteiger partial charge < -0.3 is 18.9 Å². The van der Waals surface area contributed by atoms with E-state index in [4.69, 9.17) is 18.9 Å². The molecule has 0 amide bonds. The maximum Gasteiger partial charge on any atom is 0.181 e. The molecule has 2 fully saturated rings. The van der Waals surface area contributed by atoms with E-state index in [0.717, 1.165) is 19.3 Å². The Hall–Kier alpha value is 0.320. The van der Waals surface area contributed by atoms with Crippen LogP contribution in [-0.2, 0) is 18.9 Å². The van der Waals surface area contributed by atoms with E-state index < -0.39 is 5.79 Å². The number of ether oxygens (including phenoxy) is 4. The summed E-state index contributed by atoms with van der Waals surface area (Å²) in [5.41, 5.74) is 0. The molecule has 5 heteroatoms. The Balaban J connectivity index is 2.05.